The Balaban J connectivity index is 1.42. The van der Waals surface area contributed by atoms with Gasteiger partial charge >= 0.3 is 0 Å². The summed E-state index contributed by atoms with van der Waals surface area (Å²) >= 11 is 0. The van der Waals surface area contributed by atoms with Gasteiger partial charge < -0.3 is 15.7 Å². The molecule has 2 amide bonds. The van der Waals surface area contributed by atoms with Gasteiger partial charge in [0.25, 0.3) is 11.8 Å². The van der Waals surface area contributed by atoms with Gasteiger partial charge in [0.05, 0.1) is 6.10 Å². The van der Waals surface area contributed by atoms with E-state index >= 15 is 0 Å². The normalized spacial score (nSPS) is 11.7. The molecule has 3 N–H and O–H groups in total. The van der Waals surface area contributed by atoms with E-state index < -0.39 is 6.10 Å². The Morgan fingerprint density at radius 3 is 2.28 bits per heavy atom. The smallest absolute Gasteiger partial charge is 0.255 e. The molecule has 0 aliphatic heterocycles. The lowest BCUT2D eigenvalue weighted by atomic mass is 10.0. The van der Waals surface area contributed by atoms with Crippen LogP contribution in [-0.4, -0.2) is 23.5 Å². The van der Waals surface area contributed by atoms with Gasteiger partial charge in [0.1, 0.15) is 0 Å². The molecule has 0 bridgehead atoms. The number of rotatable bonds is 6. The second-order valence-corrected chi connectivity index (χ2v) is 7.68. The van der Waals surface area contributed by atoms with Crippen LogP contribution >= 0.6 is 0 Å². The highest BCUT2D eigenvalue weighted by molar-refractivity contribution is 6.05. The molecule has 1 atom stereocenters. The fourth-order valence-electron chi connectivity index (χ4n) is 3.51. The number of nitrogens with one attached hydrogen (secondary N) is 2. The van der Waals surface area contributed by atoms with Crippen LogP contribution < -0.4 is 10.6 Å². The maximum Gasteiger partial charge on any atom is 0.255 e. The summed E-state index contributed by atoms with van der Waals surface area (Å²) in [6.07, 6.45) is -0.828. The first-order valence-corrected chi connectivity index (χ1v) is 10.4. The zero-order valence-electron chi connectivity index (χ0n) is 17.7. The molecular formula is C27H24N2O3. The molecule has 0 spiro atoms. The number of anilines is 1. The fourth-order valence-corrected chi connectivity index (χ4v) is 3.51. The molecule has 0 heterocycles. The minimum absolute atomic E-state index is 0.0801. The monoisotopic (exact) mass is 424 g/mol. The summed E-state index contributed by atoms with van der Waals surface area (Å²) in [5, 5.41) is 18.3. The molecule has 5 heteroatoms. The Morgan fingerprint density at radius 1 is 0.781 bits per heavy atom. The number of amides is 2. The third-order valence-electron chi connectivity index (χ3n) is 5.40. The lowest BCUT2D eigenvalue weighted by Crippen LogP contribution is -2.28. The van der Waals surface area contributed by atoms with Gasteiger partial charge in [-0.15, -0.1) is 0 Å². The summed E-state index contributed by atoms with van der Waals surface area (Å²) in [6.45, 7) is 1.95. The molecule has 0 saturated carbocycles. The van der Waals surface area contributed by atoms with E-state index in [1.807, 2.05) is 55.5 Å². The van der Waals surface area contributed by atoms with Crippen LogP contribution in [-0.2, 0) is 0 Å². The molecular weight excluding hydrogens is 400 g/mol. The van der Waals surface area contributed by atoms with Crippen LogP contribution in [0.4, 0.5) is 5.69 Å². The summed E-state index contributed by atoms with van der Waals surface area (Å²) in [6, 6.07) is 27.7. The van der Waals surface area contributed by atoms with Crippen molar-refractivity contribution in [1.82, 2.24) is 5.32 Å². The molecule has 1 unspecified atom stereocenters. The summed E-state index contributed by atoms with van der Waals surface area (Å²) in [7, 11) is 0. The lowest BCUT2D eigenvalue weighted by molar-refractivity contribution is 0.0915. The first kappa shape index (κ1) is 21.3. The van der Waals surface area contributed by atoms with Crippen LogP contribution in [0.1, 0.15) is 37.9 Å². The van der Waals surface area contributed by atoms with Gasteiger partial charge in [-0.3, -0.25) is 9.59 Å². The lowest BCUT2D eigenvalue weighted by Gasteiger charge is -2.14. The summed E-state index contributed by atoms with van der Waals surface area (Å²) in [5.41, 5.74) is 3.11. The number of fused-ring (bicyclic) bond motifs is 1. The standard InChI is InChI=1S/C27H24N2O3/c1-18-11-12-23(16-24(18)29-27(32)20-8-3-2-4-9-20)26(31)28-17-25(30)22-14-13-19-7-5-6-10-21(19)15-22/h2-16,25,30H,17H2,1H3,(H,28,31)(H,29,32). The van der Waals surface area contributed by atoms with Crippen LogP contribution in [0.25, 0.3) is 10.8 Å². The zero-order chi connectivity index (χ0) is 22.5. The Bertz CT molecular complexity index is 1270. The summed E-state index contributed by atoms with van der Waals surface area (Å²) in [5.74, 6) is -0.557. The zero-order valence-corrected chi connectivity index (χ0v) is 17.7. The Hall–Kier alpha value is -3.96. The summed E-state index contributed by atoms with van der Waals surface area (Å²) in [4.78, 5) is 25.1. The average Bonchev–Trinajstić information content (AvgIpc) is 2.83. The van der Waals surface area contributed by atoms with Crippen molar-refractivity contribution in [2.75, 3.05) is 11.9 Å². The number of carbonyl (C=O) groups excluding carboxylic acids is 2. The predicted molar refractivity (Wildman–Crippen MR) is 127 cm³/mol. The van der Waals surface area contributed by atoms with Crippen LogP contribution in [0.3, 0.4) is 0 Å². The maximum absolute atomic E-state index is 12.7. The van der Waals surface area contributed by atoms with Crippen LogP contribution in [0.5, 0.6) is 0 Å². The SMILES string of the molecule is Cc1ccc(C(=O)NCC(O)c2ccc3ccccc3c2)cc1NC(=O)c1ccccc1. The van der Waals surface area contributed by atoms with E-state index in [0.29, 0.717) is 16.8 Å². The van der Waals surface area contributed by atoms with Crippen LogP contribution in [0, 0.1) is 6.92 Å². The fraction of sp³-hybridized carbons (Fsp3) is 0.111. The molecule has 32 heavy (non-hydrogen) atoms. The predicted octanol–water partition coefficient (Wildman–Crippen LogP) is 4.86. The number of benzene rings is 4. The van der Waals surface area contributed by atoms with Gasteiger partial charge in [-0.2, -0.15) is 0 Å². The van der Waals surface area contributed by atoms with E-state index in [0.717, 1.165) is 21.9 Å². The Morgan fingerprint density at radius 2 is 1.50 bits per heavy atom. The van der Waals surface area contributed by atoms with E-state index in [2.05, 4.69) is 10.6 Å². The number of aliphatic hydroxyl groups excluding tert-OH is 1. The van der Waals surface area contributed by atoms with E-state index in [4.69, 9.17) is 0 Å². The Kier molecular flexibility index (Phi) is 6.29. The molecule has 0 saturated heterocycles. The van der Waals surface area contributed by atoms with Crippen molar-refractivity contribution >= 4 is 28.3 Å². The van der Waals surface area contributed by atoms with Gasteiger partial charge in [-0.25, -0.2) is 0 Å². The minimum atomic E-state index is -0.828. The third kappa shape index (κ3) is 4.85. The quantitative estimate of drug-likeness (QED) is 0.413. The molecule has 0 aliphatic carbocycles. The van der Waals surface area contributed by atoms with Crippen molar-refractivity contribution in [2.24, 2.45) is 0 Å². The molecule has 0 radical (unpaired) electrons. The molecule has 0 fully saturated rings. The second-order valence-electron chi connectivity index (χ2n) is 7.68. The van der Waals surface area contributed by atoms with Crippen molar-refractivity contribution in [3.8, 4) is 0 Å². The van der Waals surface area contributed by atoms with Gasteiger partial charge in [0.15, 0.2) is 0 Å². The van der Waals surface area contributed by atoms with E-state index in [-0.39, 0.29) is 18.4 Å². The third-order valence-corrected chi connectivity index (χ3v) is 5.40. The van der Waals surface area contributed by atoms with Gasteiger partial charge in [-0.1, -0.05) is 60.7 Å². The van der Waals surface area contributed by atoms with Crippen molar-refractivity contribution in [3.63, 3.8) is 0 Å². The number of aliphatic hydroxyl groups is 1. The van der Waals surface area contributed by atoms with Crippen LogP contribution in [0.15, 0.2) is 91.0 Å². The number of hydrogen-bond acceptors (Lipinski definition) is 3. The van der Waals surface area contributed by atoms with Gasteiger partial charge in [0.2, 0.25) is 0 Å². The summed E-state index contributed by atoms with van der Waals surface area (Å²) < 4.78 is 0. The van der Waals surface area contributed by atoms with Gasteiger partial charge in [0, 0.05) is 23.4 Å². The molecule has 4 rings (SSSR count). The minimum Gasteiger partial charge on any atom is -0.387 e. The van der Waals surface area contributed by atoms with Gasteiger partial charge in [-0.05, 0) is 59.2 Å². The number of carbonyl (C=O) groups is 2. The highest BCUT2D eigenvalue weighted by Gasteiger charge is 2.14. The first-order valence-electron chi connectivity index (χ1n) is 10.4. The number of hydrogen-bond donors (Lipinski definition) is 3. The number of aryl methyl sites for hydroxylation is 1. The van der Waals surface area contributed by atoms with Crippen molar-refractivity contribution < 1.29 is 14.7 Å². The van der Waals surface area contributed by atoms with Crippen molar-refractivity contribution in [3.05, 3.63) is 113 Å². The van der Waals surface area contributed by atoms with Crippen molar-refractivity contribution in [1.29, 1.82) is 0 Å². The topological polar surface area (TPSA) is 78.4 Å². The van der Waals surface area contributed by atoms with E-state index in [1.165, 1.54) is 0 Å². The molecule has 5 nitrogen and oxygen atoms in total. The van der Waals surface area contributed by atoms with Crippen LogP contribution in [0.2, 0.25) is 0 Å². The molecule has 4 aromatic rings. The largest absolute Gasteiger partial charge is 0.387 e. The second kappa shape index (κ2) is 9.45. The van der Waals surface area contributed by atoms with E-state index in [1.54, 1.807) is 42.5 Å². The first-order chi connectivity index (χ1) is 15.5. The Labute approximate surface area is 186 Å². The molecule has 160 valence electrons. The molecule has 0 aliphatic rings. The maximum atomic E-state index is 12.7. The highest BCUT2D eigenvalue weighted by atomic mass is 16.3. The molecule has 0 aromatic heterocycles. The molecule has 4 aromatic carbocycles. The highest BCUT2D eigenvalue weighted by Crippen LogP contribution is 2.21. The average molecular weight is 425 g/mol. The van der Waals surface area contributed by atoms with Crippen molar-refractivity contribution in [2.45, 2.75) is 13.0 Å². The van der Waals surface area contributed by atoms with E-state index in [9.17, 15) is 14.7 Å².